The molecule has 8 heteroatoms. The molecule has 146 valence electrons. The van der Waals surface area contributed by atoms with Gasteiger partial charge in [0.25, 0.3) is 5.91 Å². The number of amides is 1. The third kappa shape index (κ3) is 5.29. The number of halogens is 2. The minimum atomic E-state index is -2.87. The largest absolute Gasteiger partial charge is 0.459 e. The van der Waals surface area contributed by atoms with Crippen LogP contribution in [0.5, 0.6) is 5.75 Å². The van der Waals surface area contributed by atoms with Crippen LogP contribution in [0.4, 0.5) is 8.78 Å². The SMILES string of the molecule is CC(NC(=O)CO/N=C/c1ccc(OC(F)F)cc1)c1cc2ccccc2o1. The Labute approximate surface area is 159 Å². The van der Waals surface area contributed by atoms with Gasteiger partial charge in [0.05, 0.1) is 12.3 Å². The van der Waals surface area contributed by atoms with Crippen molar-refractivity contribution in [3.05, 3.63) is 65.9 Å². The Balaban J connectivity index is 1.45. The zero-order valence-corrected chi connectivity index (χ0v) is 15.0. The molecule has 0 aliphatic carbocycles. The number of nitrogens with zero attached hydrogens (tertiary/aromatic N) is 1. The topological polar surface area (TPSA) is 73.1 Å². The van der Waals surface area contributed by atoms with Crippen LogP contribution < -0.4 is 10.1 Å². The highest BCUT2D eigenvalue weighted by Gasteiger charge is 2.14. The first-order chi connectivity index (χ1) is 13.5. The van der Waals surface area contributed by atoms with Crippen LogP contribution in [0, 0.1) is 0 Å². The van der Waals surface area contributed by atoms with Gasteiger partial charge in [0.1, 0.15) is 17.1 Å². The lowest BCUT2D eigenvalue weighted by Gasteiger charge is -2.10. The zero-order chi connectivity index (χ0) is 19.9. The quantitative estimate of drug-likeness (QED) is 0.462. The Kier molecular flexibility index (Phi) is 6.21. The molecular weight excluding hydrogens is 370 g/mol. The highest BCUT2D eigenvalue weighted by Crippen LogP contribution is 2.23. The van der Waals surface area contributed by atoms with E-state index >= 15 is 0 Å². The van der Waals surface area contributed by atoms with Crippen LogP contribution >= 0.6 is 0 Å². The standard InChI is InChI=1S/C20H18F2N2O4/c1-13(18-10-15-4-2-3-5-17(15)28-18)24-19(25)12-26-23-11-14-6-8-16(9-7-14)27-20(21)22/h2-11,13,20H,12H2,1H3,(H,24,25)/b23-11+. The van der Waals surface area contributed by atoms with Gasteiger partial charge < -0.3 is 19.3 Å². The second-order valence-electron chi connectivity index (χ2n) is 5.93. The van der Waals surface area contributed by atoms with Crippen molar-refractivity contribution in [3.63, 3.8) is 0 Å². The molecular formula is C20H18F2N2O4. The number of oxime groups is 1. The summed E-state index contributed by atoms with van der Waals surface area (Å²) < 4.78 is 34.1. The molecule has 3 rings (SSSR count). The van der Waals surface area contributed by atoms with E-state index < -0.39 is 6.61 Å². The molecule has 1 aromatic heterocycles. The molecule has 1 N–H and O–H groups in total. The third-order valence-electron chi connectivity index (χ3n) is 3.83. The molecule has 1 unspecified atom stereocenters. The molecule has 3 aromatic rings. The van der Waals surface area contributed by atoms with Crippen molar-refractivity contribution >= 4 is 23.1 Å². The fraction of sp³-hybridized carbons (Fsp3) is 0.200. The number of carbonyl (C=O) groups is 1. The van der Waals surface area contributed by atoms with Crippen LogP contribution in [0.2, 0.25) is 0 Å². The molecule has 6 nitrogen and oxygen atoms in total. The first-order valence-electron chi connectivity index (χ1n) is 8.49. The van der Waals surface area contributed by atoms with Crippen molar-refractivity contribution in [2.45, 2.75) is 19.6 Å². The molecule has 0 spiro atoms. The van der Waals surface area contributed by atoms with Gasteiger partial charge in [-0.2, -0.15) is 8.78 Å². The van der Waals surface area contributed by atoms with Crippen LogP contribution in [-0.2, 0) is 9.63 Å². The average molecular weight is 388 g/mol. The number of fused-ring (bicyclic) bond motifs is 1. The summed E-state index contributed by atoms with van der Waals surface area (Å²) in [4.78, 5) is 16.9. The Morgan fingerprint density at radius 1 is 1.21 bits per heavy atom. The number of carbonyl (C=O) groups excluding carboxylic acids is 1. The number of benzene rings is 2. The van der Waals surface area contributed by atoms with Gasteiger partial charge in [-0.3, -0.25) is 4.79 Å². The number of furan rings is 1. The minimum Gasteiger partial charge on any atom is -0.459 e. The second-order valence-corrected chi connectivity index (χ2v) is 5.93. The summed E-state index contributed by atoms with van der Waals surface area (Å²) in [5, 5.41) is 7.41. The van der Waals surface area contributed by atoms with Crippen LogP contribution in [0.25, 0.3) is 11.0 Å². The smallest absolute Gasteiger partial charge is 0.387 e. The van der Waals surface area contributed by atoms with E-state index in [1.165, 1.54) is 30.5 Å². The predicted octanol–water partition coefficient (Wildman–Crippen LogP) is 4.26. The number of rotatable bonds is 8. The van der Waals surface area contributed by atoms with Crippen molar-refractivity contribution in [1.29, 1.82) is 0 Å². The number of hydrogen-bond acceptors (Lipinski definition) is 5. The van der Waals surface area contributed by atoms with Crippen molar-refractivity contribution in [2.24, 2.45) is 5.16 Å². The maximum Gasteiger partial charge on any atom is 0.387 e. The number of ether oxygens (including phenoxy) is 1. The lowest BCUT2D eigenvalue weighted by molar-refractivity contribution is -0.126. The molecule has 1 heterocycles. The summed E-state index contributed by atoms with van der Waals surface area (Å²) in [6, 6.07) is 15.0. The van der Waals surface area contributed by atoms with Gasteiger partial charge >= 0.3 is 6.61 Å². The lowest BCUT2D eigenvalue weighted by Crippen LogP contribution is -2.29. The van der Waals surface area contributed by atoms with E-state index in [1.54, 1.807) is 0 Å². The maximum atomic E-state index is 12.1. The van der Waals surface area contributed by atoms with Gasteiger partial charge in [-0.1, -0.05) is 23.4 Å². The summed E-state index contributed by atoms with van der Waals surface area (Å²) in [5.41, 5.74) is 1.36. The normalized spacial score (nSPS) is 12.4. The summed E-state index contributed by atoms with van der Waals surface area (Å²) in [6.45, 7) is -1.33. The molecule has 0 saturated heterocycles. The van der Waals surface area contributed by atoms with Gasteiger partial charge in [0.15, 0.2) is 6.61 Å². The monoisotopic (exact) mass is 388 g/mol. The van der Waals surface area contributed by atoms with E-state index in [9.17, 15) is 13.6 Å². The number of para-hydroxylation sites is 1. The van der Waals surface area contributed by atoms with Crippen LogP contribution in [0.15, 0.2) is 64.2 Å². The van der Waals surface area contributed by atoms with Gasteiger partial charge in [-0.25, -0.2) is 0 Å². The van der Waals surface area contributed by atoms with Crippen molar-refractivity contribution in [3.8, 4) is 5.75 Å². The fourth-order valence-electron chi connectivity index (χ4n) is 2.50. The van der Waals surface area contributed by atoms with Gasteiger partial charge in [0, 0.05) is 5.39 Å². The molecule has 0 bridgehead atoms. The van der Waals surface area contributed by atoms with Gasteiger partial charge in [-0.05, 0) is 48.9 Å². The molecule has 0 aliphatic rings. The van der Waals surface area contributed by atoms with Crippen LogP contribution in [-0.4, -0.2) is 25.3 Å². The Morgan fingerprint density at radius 3 is 2.68 bits per heavy atom. The number of alkyl halides is 2. The van der Waals surface area contributed by atoms with Gasteiger partial charge in [-0.15, -0.1) is 0 Å². The highest BCUT2D eigenvalue weighted by molar-refractivity contribution is 5.80. The van der Waals surface area contributed by atoms with Crippen LogP contribution in [0.3, 0.4) is 0 Å². The zero-order valence-electron chi connectivity index (χ0n) is 15.0. The summed E-state index contributed by atoms with van der Waals surface area (Å²) in [5.74, 6) is 0.335. The lowest BCUT2D eigenvalue weighted by atomic mass is 10.2. The molecule has 0 aliphatic heterocycles. The predicted molar refractivity (Wildman–Crippen MR) is 99.4 cm³/mol. The fourth-order valence-corrected chi connectivity index (χ4v) is 2.50. The van der Waals surface area contributed by atoms with E-state index in [1.807, 2.05) is 37.3 Å². The number of hydrogen-bond donors (Lipinski definition) is 1. The van der Waals surface area contributed by atoms with Gasteiger partial charge in [0.2, 0.25) is 0 Å². The first-order valence-corrected chi connectivity index (χ1v) is 8.49. The summed E-state index contributed by atoms with van der Waals surface area (Å²) >= 11 is 0. The molecule has 1 amide bonds. The van der Waals surface area contributed by atoms with E-state index in [2.05, 4.69) is 15.2 Å². The molecule has 1 atom stereocenters. The highest BCUT2D eigenvalue weighted by atomic mass is 19.3. The molecule has 0 saturated carbocycles. The average Bonchev–Trinajstić information content (AvgIpc) is 3.10. The molecule has 0 fully saturated rings. The first kappa shape index (κ1) is 19.3. The Morgan fingerprint density at radius 2 is 1.96 bits per heavy atom. The maximum absolute atomic E-state index is 12.1. The minimum absolute atomic E-state index is 0.0482. The van der Waals surface area contributed by atoms with E-state index in [0.29, 0.717) is 11.3 Å². The van der Waals surface area contributed by atoms with Crippen molar-refractivity contribution < 1.29 is 27.6 Å². The number of nitrogens with one attached hydrogen (secondary N) is 1. The van der Waals surface area contributed by atoms with E-state index in [-0.39, 0.29) is 24.3 Å². The molecule has 28 heavy (non-hydrogen) atoms. The third-order valence-corrected chi connectivity index (χ3v) is 3.83. The van der Waals surface area contributed by atoms with Crippen LogP contribution in [0.1, 0.15) is 24.3 Å². The summed E-state index contributed by atoms with van der Waals surface area (Å²) in [7, 11) is 0. The summed E-state index contributed by atoms with van der Waals surface area (Å²) in [6.07, 6.45) is 1.36. The second kappa shape index (κ2) is 8.98. The van der Waals surface area contributed by atoms with Crippen molar-refractivity contribution in [1.82, 2.24) is 5.32 Å². The molecule has 2 aromatic carbocycles. The van der Waals surface area contributed by atoms with Crippen molar-refractivity contribution in [2.75, 3.05) is 6.61 Å². The molecule has 0 radical (unpaired) electrons. The van der Waals surface area contributed by atoms with E-state index in [0.717, 1.165) is 11.0 Å². The Bertz CT molecular complexity index is 921. The van der Waals surface area contributed by atoms with E-state index in [4.69, 9.17) is 9.25 Å². The Hall–Kier alpha value is -3.42.